The quantitative estimate of drug-likeness (QED) is 0.215. The van der Waals surface area contributed by atoms with Crippen molar-refractivity contribution in [3.63, 3.8) is 0 Å². The molecule has 14 nitrogen and oxygen atoms in total. The van der Waals surface area contributed by atoms with Gasteiger partial charge in [-0.15, -0.1) is 5.10 Å². The highest BCUT2D eigenvalue weighted by atomic mass is 31.2. The summed E-state index contributed by atoms with van der Waals surface area (Å²) < 4.78 is 26.6. The van der Waals surface area contributed by atoms with Crippen LogP contribution in [0.4, 0.5) is 5.82 Å². The van der Waals surface area contributed by atoms with E-state index in [-0.39, 0.29) is 24.2 Å². The second-order valence-electron chi connectivity index (χ2n) is 10.7. The second-order valence-corrected chi connectivity index (χ2v) is 13.0. The number of anilines is 1. The zero-order chi connectivity index (χ0) is 29.5. The Hall–Kier alpha value is -2.97. The molecular formula is C25H35N6O8P. The average molecular weight is 579 g/mol. The molecular weight excluding hydrogens is 543 g/mol. The summed E-state index contributed by atoms with van der Waals surface area (Å²) in [5, 5.41) is 37.9. The van der Waals surface area contributed by atoms with Crippen molar-refractivity contribution in [2.45, 2.75) is 82.6 Å². The molecule has 1 fully saturated rings. The highest BCUT2D eigenvalue weighted by Crippen LogP contribution is 2.57. The lowest BCUT2D eigenvalue weighted by molar-refractivity contribution is -0.0708. The molecule has 1 saturated heterocycles. The van der Waals surface area contributed by atoms with Crippen molar-refractivity contribution in [3.05, 3.63) is 58.8 Å². The van der Waals surface area contributed by atoms with Crippen molar-refractivity contribution >= 4 is 13.4 Å². The molecule has 0 radical (unpaired) electrons. The van der Waals surface area contributed by atoms with Gasteiger partial charge in [0.1, 0.15) is 23.7 Å². The van der Waals surface area contributed by atoms with Crippen LogP contribution in [-0.4, -0.2) is 74.0 Å². The van der Waals surface area contributed by atoms with E-state index >= 15 is 0 Å². The maximum atomic E-state index is 12.8. The third-order valence-corrected chi connectivity index (χ3v) is 9.08. The van der Waals surface area contributed by atoms with E-state index in [4.69, 9.17) is 15.0 Å². The Balaban J connectivity index is 1.58. The van der Waals surface area contributed by atoms with Crippen molar-refractivity contribution in [2.24, 2.45) is 0 Å². The van der Waals surface area contributed by atoms with Crippen LogP contribution in [0.1, 0.15) is 52.3 Å². The fraction of sp³-hybridized carbons (Fsp3) is 0.520. The molecule has 3 aromatic rings. The summed E-state index contributed by atoms with van der Waals surface area (Å²) in [6.07, 6.45) is -2.41. The number of aromatic nitrogens is 5. The number of nitrogens with two attached hydrogens (primary N) is 1. The molecule has 4 rings (SSSR count). The molecule has 1 aliphatic rings. The fourth-order valence-corrected chi connectivity index (χ4v) is 5.36. The van der Waals surface area contributed by atoms with E-state index in [0.717, 1.165) is 24.0 Å². The topological polar surface area (TPSA) is 208 Å². The van der Waals surface area contributed by atoms with E-state index in [1.165, 1.54) is 13.1 Å². The Morgan fingerprint density at radius 1 is 1.15 bits per heavy atom. The van der Waals surface area contributed by atoms with Gasteiger partial charge in [0.2, 0.25) is 0 Å². The van der Waals surface area contributed by atoms with Gasteiger partial charge in [0.05, 0.1) is 30.0 Å². The molecule has 6 atom stereocenters. The number of benzene rings is 1. The minimum absolute atomic E-state index is 0.102. The molecule has 0 amide bonds. The SMILES string of the molecule is CCC(C)(C[C@H]1O[C@@H](n2cc(-c3cn(Cc4ccccc4)nn3)c(N)nc2=O)[C@@H](O)C1O)OP(=O)(O)C(C)(C)O. The first-order chi connectivity index (χ1) is 18.6. The van der Waals surface area contributed by atoms with E-state index in [1.807, 2.05) is 30.3 Å². The average Bonchev–Trinajstić information content (AvgIpc) is 3.44. The number of aliphatic hydroxyl groups excluding tert-OH is 2. The van der Waals surface area contributed by atoms with Crippen LogP contribution in [0, 0.1) is 0 Å². The highest BCUT2D eigenvalue weighted by molar-refractivity contribution is 7.54. The van der Waals surface area contributed by atoms with E-state index in [0.29, 0.717) is 12.2 Å². The second kappa shape index (κ2) is 11.1. The highest BCUT2D eigenvalue weighted by Gasteiger charge is 2.50. The standard InChI is InChI=1S/C25H35N6O8P/c1-5-25(4,39-40(36,37)24(2,3)35)11-18-19(32)20(33)22(38-18)31-13-16(21(26)27-23(31)34)17-14-30(29-28-17)12-15-9-7-6-8-10-15/h6-10,13-14,18-20,22,32-33,35H,5,11-12H2,1-4H3,(H,36,37)(H2,26,27,34)/t18-,19?,20+,22-,25?/m1/s1. The molecule has 218 valence electrons. The van der Waals surface area contributed by atoms with Crippen LogP contribution >= 0.6 is 7.60 Å². The van der Waals surface area contributed by atoms with Crippen molar-refractivity contribution < 1.29 is 34.0 Å². The van der Waals surface area contributed by atoms with Crippen LogP contribution in [0.2, 0.25) is 0 Å². The first-order valence-corrected chi connectivity index (χ1v) is 14.3. The molecule has 0 aliphatic carbocycles. The van der Waals surface area contributed by atoms with Crippen molar-refractivity contribution in [3.8, 4) is 11.3 Å². The molecule has 1 aromatic carbocycles. The number of aliphatic hydroxyl groups is 3. The van der Waals surface area contributed by atoms with Crippen LogP contribution in [-0.2, 0) is 20.4 Å². The smallest absolute Gasteiger partial charge is 0.359 e. The predicted octanol–water partition coefficient (Wildman–Crippen LogP) is 1.24. The molecule has 0 bridgehead atoms. The third-order valence-electron chi connectivity index (χ3n) is 7.01. The number of nitrogen functional groups attached to an aromatic ring is 1. The molecule has 3 unspecified atom stereocenters. The molecule has 6 N–H and O–H groups in total. The molecule has 0 spiro atoms. The van der Waals surface area contributed by atoms with Crippen molar-refractivity contribution in [1.82, 2.24) is 24.5 Å². The zero-order valence-corrected chi connectivity index (χ0v) is 23.5. The van der Waals surface area contributed by atoms with Gasteiger partial charge in [-0.3, -0.25) is 9.13 Å². The van der Waals surface area contributed by atoms with Crippen molar-refractivity contribution in [2.75, 3.05) is 5.73 Å². The number of ether oxygens (including phenoxy) is 1. The summed E-state index contributed by atoms with van der Waals surface area (Å²) >= 11 is 0. The molecule has 1 aliphatic heterocycles. The van der Waals surface area contributed by atoms with Gasteiger partial charge in [-0.25, -0.2) is 9.48 Å². The predicted molar refractivity (Wildman–Crippen MR) is 144 cm³/mol. The van der Waals surface area contributed by atoms with Gasteiger partial charge in [0.25, 0.3) is 0 Å². The Labute approximate surface area is 230 Å². The molecule has 15 heteroatoms. The Kier molecular flexibility index (Phi) is 8.35. The Bertz CT molecular complexity index is 1440. The van der Waals surface area contributed by atoms with E-state index < -0.39 is 48.8 Å². The largest absolute Gasteiger partial charge is 0.388 e. The van der Waals surface area contributed by atoms with Gasteiger partial charge in [0.15, 0.2) is 11.6 Å². The summed E-state index contributed by atoms with van der Waals surface area (Å²) in [7, 11) is -4.49. The fourth-order valence-electron chi connectivity index (χ4n) is 4.34. The first kappa shape index (κ1) is 30.0. The van der Waals surface area contributed by atoms with Crippen LogP contribution in [0.5, 0.6) is 0 Å². The zero-order valence-electron chi connectivity index (χ0n) is 22.7. The minimum atomic E-state index is -4.49. The maximum absolute atomic E-state index is 12.8. The summed E-state index contributed by atoms with van der Waals surface area (Å²) in [5.74, 6) is -0.102. The van der Waals surface area contributed by atoms with Gasteiger partial charge in [-0.1, -0.05) is 42.5 Å². The lowest BCUT2D eigenvalue weighted by Gasteiger charge is -2.36. The number of rotatable bonds is 10. The van der Waals surface area contributed by atoms with Gasteiger partial charge >= 0.3 is 13.3 Å². The number of nitrogens with zero attached hydrogens (tertiary/aromatic N) is 5. The summed E-state index contributed by atoms with van der Waals surface area (Å²) in [6, 6.07) is 9.60. The van der Waals surface area contributed by atoms with Crippen LogP contribution in [0.25, 0.3) is 11.3 Å². The molecule has 2 aromatic heterocycles. The van der Waals surface area contributed by atoms with Crippen LogP contribution < -0.4 is 11.4 Å². The normalized spacial score (nSPS) is 24.5. The molecule has 3 heterocycles. The van der Waals surface area contributed by atoms with Crippen LogP contribution in [0.15, 0.2) is 47.5 Å². The van der Waals surface area contributed by atoms with Crippen molar-refractivity contribution in [1.29, 1.82) is 0 Å². The van der Waals surface area contributed by atoms with Crippen LogP contribution in [0.3, 0.4) is 0 Å². The maximum Gasteiger partial charge on any atom is 0.359 e. The lowest BCUT2D eigenvalue weighted by atomic mass is 9.93. The summed E-state index contributed by atoms with van der Waals surface area (Å²) in [5.41, 5.74) is 5.47. The Morgan fingerprint density at radius 2 is 1.82 bits per heavy atom. The van der Waals surface area contributed by atoms with E-state index in [1.54, 1.807) is 17.8 Å². The van der Waals surface area contributed by atoms with Gasteiger partial charge < -0.3 is 35.2 Å². The monoisotopic (exact) mass is 578 g/mol. The van der Waals surface area contributed by atoms with Gasteiger partial charge in [-0.2, -0.15) is 4.98 Å². The summed E-state index contributed by atoms with van der Waals surface area (Å²) in [6.45, 7) is 5.99. The van der Waals surface area contributed by atoms with E-state index in [9.17, 15) is 29.6 Å². The molecule has 0 saturated carbocycles. The third kappa shape index (κ3) is 6.18. The first-order valence-electron chi connectivity index (χ1n) is 12.7. The number of hydrogen-bond donors (Lipinski definition) is 5. The Morgan fingerprint density at radius 3 is 2.45 bits per heavy atom. The lowest BCUT2D eigenvalue weighted by Crippen LogP contribution is -2.40. The number of hydrogen-bond acceptors (Lipinski definition) is 11. The van der Waals surface area contributed by atoms with E-state index in [2.05, 4.69) is 15.3 Å². The van der Waals surface area contributed by atoms with Gasteiger partial charge in [-0.05, 0) is 32.8 Å². The summed E-state index contributed by atoms with van der Waals surface area (Å²) in [4.78, 5) is 26.9. The molecule has 40 heavy (non-hydrogen) atoms. The minimum Gasteiger partial charge on any atom is -0.388 e. The van der Waals surface area contributed by atoms with Gasteiger partial charge in [0, 0.05) is 12.6 Å².